The number of carbonyl (C=O) groups excluding carboxylic acids is 1. The first-order valence-corrected chi connectivity index (χ1v) is 7.13. The first kappa shape index (κ1) is 16.7. The van der Waals surface area contributed by atoms with E-state index in [1.54, 1.807) is 0 Å². The van der Waals surface area contributed by atoms with Gasteiger partial charge in [-0.25, -0.2) is 0 Å². The molecule has 0 N–H and O–H groups in total. The molecule has 4 heteroatoms. The van der Waals surface area contributed by atoms with Crippen molar-refractivity contribution in [1.82, 2.24) is 0 Å². The van der Waals surface area contributed by atoms with Gasteiger partial charge in [-0.15, -0.1) is 0 Å². The zero-order valence-electron chi connectivity index (χ0n) is 12.3. The third-order valence-electron chi connectivity index (χ3n) is 2.71. The Labute approximate surface area is 121 Å². The van der Waals surface area contributed by atoms with Crippen LogP contribution in [-0.2, 0) is 25.6 Å². The Morgan fingerprint density at radius 2 is 1.95 bits per heavy atom. The fraction of sp³-hybridized carbons (Fsp3) is 0.562. The molecule has 1 atom stereocenters. The van der Waals surface area contributed by atoms with Crippen molar-refractivity contribution in [3.05, 3.63) is 35.9 Å². The average Bonchev–Trinajstić information content (AvgIpc) is 2.44. The van der Waals surface area contributed by atoms with Crippen LogP contribution in [-0.4, -0.2) is 25.5 Å². The number of unbranched alkanes of at least 4 members (excludes halogenated alkanes) is 1. The number of esters is 1. The third-order valence-corrected chi connectivity index (χ3v) is 2.71. The Morgan fingerprint density at radius 1 is 1.20 bits per heavy atom. The summed E-state index contributed by atoms with van der Waals surface area (Å²) in [5, 5.41) is 0. The predicted molar refractivity (Wildman–Crippen MR) is 77.1 cm³/mol. The Kier molecular flexibility index (Phi) is 8.67. The molecule has 0 spiro atoms. The van der Waals surface area contributed by atoms with Crippen LogP contribution >= 0.6 is 0 Å². The van der Waals surface area contributed by atoms with E-state index in [1.165, 1.54) is 6.92 Å². The molecule has 20 heavy (non-hydrogen) atoms. The van der Waals surface area contributed by atoms with Gasteiger partial charge in [0, 0.05) is 13.3 Å². The fourth-order valence-electron chi connectivity index (χ4n) is 1.66. The highest BCUT2D eigenvalue weighted by Gasteiger charge is 2.12. The van der Waals surface area contributed by atoms with Crippen LogP contribution in [0.15, 0.2) is 30.3 Å². The normalized spacial score (nSPS) is 12.1. The number of hydrogen-bond acceptors (Lipinski definition) is 4. The third kappa shape index (κ3) is 7.92. The van der Waals surface area contributed by atoms with Crippen molar-refractivity contribution in [2.45, 2.75) is 46.0 Å². The van der Waals surface area contributed by atoms with Crippen LogP contribution in [0.4, 0.5) is 0 Å². The van der Waals surface area contributed by atoms with Crippen LogP contribution in [0.3, 0.4) is 0 Å². The molecule has 0 saturated carbocycles. The first-order valence-electron chi connectivity index (χ1n) is 7.13. The average molecular weight is 280 g/mol. The van der Waals surface area contributed by atoms with E-state index in [0.29, 0.717) is 26.2 Å². The second-order valence-electron chi connectivity index (χ2n) is 4.59. The van der Waals surface area contributed by atoms with Crippen LogP contribution in [0.25, 0.3) is 0 Å². The molecule has 0 radical (unpaired) electrons. The van der Waals surface area contributed by atoms with E-state index in [0.717, 1.165) is 18.4 Å². The molecular weight excluding hydrogens is 256 g/mol. The highest BCUT2D eigenvalue weighted by Crippen LogP contribution is 2.06. The molecule has 1 unspecified atom stereocenters. The van der Waals surface area contributed by atoms with E-state index in [2.05, 4.69) is 6.92 Å². The summed E-state index contributed by atoms with van der Waals surface area (Å²) in [6.45, 7) is 5.14. The maximum atomic E-state index is 11.0. The smallest absolute Gasteiger partial charge is 0.304 e. The van der Waals surface area contributed by atoms with Gasteiger partial charge in [0.1, 0.15) is 0 Å². The van der Waals surface area contributed by atoms with Gasteiger partial charge in [-0.05, 0) is 12.0 Å². The van der Waals surface area contributed by atoms with Crippen LogP contribution in [0.1, 0.15) is 38.7 Å². The van der Waals surface area contributed by atoms with E-state index in [9.17, 15) is 4.79 Å². The summed E-state index contributed by atoms with van der Waals surface area (Å²) in [5.74, 6) is -0.324. The van der Waals surface area contributed by atoms with E-state index in [-0.39, 0.29) is 5.97 Å². The van der Waals surface area contributed by atoms with Gasteiger partial charge in [0.25, 0.3) is 0 Å². The van der Waals surface area contributed by atoms with Gasteiger partial charge in [-0.3, -0.25) is 4.79 Å². The minimum Gasteiger partial charge on any atom is -0.436 e. The Morgan fingerprint density at radius 3 is 2.60 bits per heavy atom. The quantitative estimate of drug-likeness (QED) is 0.375. The van der Waals surface area contributed by atoms with Gasteiger partial charge < -0.3 is 14.2 Å². The summed E-state index contributed by atoms with van der Waals surface area (Å²) in [6, 6.07) is 9.97. The maximum Gasteiger partial charge on any atom is 0.304 e. The molecule has 1 rings (SSSR count). The molecule has 4 nitrogen and oxygen atoms in total. The van der Waals surface area contributed by atoms with Gasteiger partial charge in [0.05, 0.1) is 19.8 Å². The zero-order valence-corrected chi connectivity index (χ0v) is 12.3. The second kappa shape index (κ2) is 10.4. The second-order valence-corrected chi connectivity index (χ2v) is 4.59. The predicted octanol–water partition coefficient (Wildman–Crippen LogP) is 3.30. The molecular formula is C16H24O4. The number of benzene rings is 1. The van der Waals surface area contributed by atoms with Crippen LogP contribution < -0.4 is 0 Å². The van der Waals surface area contributed by atoms with Gasteiger partial charge in [0.2, 0.25) is 6.29 Å². The molecule has 0 aromatic heterocycles. The molecule has 0 aliphatic rings. The first-order chi connectivity index (χ1) is 9.72. The fourth-order valence-corrected chi connectivity index (χ4v) is 1.66. The van der Waals surface area contributed by atoms with Crippen molar-refractivity contribution < 1.29 is 19.0 Å². The summed E-state index contributed by atoms with van der Waals surface area (Å²) in [4.78, 5) is 11.0. The molecule has 0 saturated heterocycles. The summed E-state index contributed by atoms with van der Waals surface area (Å²) in [6.07, 6.45) is 2.06. The summed E-state index contributed by atoms with van der Waals surface area (Å²) in [7, 11) is 0. The highest BCUT2D eigenvalue weighted by molar-refractivity contribution is 5.66. The minimum absolute atomic E-state index is 0.324. The Hall–Kier alpha value is -1.39. The van der Waals surface area contributed by atoms with Crippen molar-refractivity contribution in [2.75, 3.05) is 13.2 Å². The number of rotatable bonds is 10. The van der Waals surface area contributed by atoms with E-state index >= 15 is 0 Å². The van der Waals surface area contributed by atoms with Crippen LogP contribution in [0.2, 0.25) is 0 Å². The highest BCUT2D eigenvalue weighted by atomic mass is 16.7. The van der Waals surface area contributed by atoms with Gasteiger partial charge in [-0.2, -0.15) is 0 Å². The molecule has 0 bridgehead atoms. The van der Waals surface area contributed by atoms with Crippen molar-refractivity contribution in [3.63, 3.8) is 0 Å². The van der Waals surface area contributed by atoms with Crippen molar-refractivity contribution in [1.29, 1.82) is 0 Å². The minimum atomic E-state index is -0.505. The molecule has 0 heterocycles. The van der Waals surface area contributed by atoms with Crippen molar-refractivity contribution in [3.8, 4) is 0 Å². The number of carbonyl (C=O) groups is 1. The lowest BCUT2D eigenvalue weighted by Crippen LogP contribution is -2.22. The molecule has 0 aliphatic carbocycles. The summed E-state index contributed by atoms with van der Waals surface area (Å²) in [5.41, 5.74) is 1.13. The van der Waals surface area contributed by atoms with Crippen molar-refractivity contribution >= 4 is 5.97 Å². The Balaban J connectivity index is 2.21. The largest absolute Gasteiger partial charge is 0.436 e. The molecule has 0 amide bonds. The lowest BCUT2D eigenvalue weighted by Gasteiger charge is -2.17. The number of hydrogen-bond donors (Lipinski definition) is 0. The lowest BCUT2D eigenvalue weighted by molar-refractivity contribution is -0.180. The van der Waals surface area contributed by atoms with Crippen LogP contribution in [0, 0.1) is 0 Å². The van der Waals surface area contributed by atoms with Gasteiger partial charge in [0.15, 0.2) is 0 Å². The lowest BCUT2D eigenvalue weighted by atomic mass is 10.2. The SMILES string of the molecule is CCCCOC(CCOCc1ccccc1)OC(C)=O. The molecule has 0 aliphatic heterocycles. The van der Waals surface area contributed by atoms with E-state index < -0.39 is 6.29 Å². The zero-order chi connectivity index (χ0) is 14.6. The molecule has 0 fully saturated rings. The molecule has 1 aromatic rings. The molecule has 1 aromatic carbocycles. The van der Waals surface area contributed by atoms with E-state index in [1.807, 2.05) is 30.3 Å². The van der Waals surface area contributed by atoms with Gasteiger partial charge in [-0.1, -0.05) is 43.7 Å². The Bertz CT molecular complexity index is 364. The standard InChI is InChI=1S/C16H24O4/c1-3-4-11-19-16(20-14(2)17)10-12-18-13-15-8-6-5-7-9-15/h5-9,16H,3-4,10-13H2,1-2H3. The monoisotopic (exact) mass is 280 g/mol. The van der Waals surface area contributed by atoms with Crippen LogP contribution in [0.5, 0.6) is 0 Å². The maximum absolute atomic E-state index is 11.0. The van der Waals surface area contributed by atoms with Crippen molar-refractivity contribution in [2.24, 2.45) is 0 Å². The summed E-state index contributed by atoms with van der Waals surface area (Å²) >= 11 is 0. The molecule has 112 valence electrons. The number of ether oxygens (including phenoxy) is 3. The van der Waals surface area contributed by atoms with Gasteiger partial charge >= 0.3 is 5.97 Å². The van der Waals surface area contributed by atoms with E-state index in [4.69, 9.17) is 14.2 Å². The summed E-state index contributed by atoms with van der Waals surface area (Å²) < 4.78 is 16.2. The topological polar surface area (TPSA) is 44.8 Å².